The Hall–Kier alpha value is -2.27. The minimum absolute atomic E-state index is 0.283. The van der Waals surface area contributed by atoms with Crippen LogP contribution in [0, 0.1) is 0 Å². The lowest BCUT2D eigenvalue weighted by atomic mass is 10.1. The van der Waals surface area contributed by atoms with Gasteiger partial charge in [-0.25, -0.2) is 4.79 Å². The van der Waals surface area contributed by atoms with E-state index in [9.17, 15) is 4.79 Å². The summed E-state index contributed by atoms with van der Waals surface area (Å²) in [5.74, 6) is -0.342. The minimum Gasteiger partial charge on any atom is -0.462 e. The number of hydrogen-bond donors (Lipinski definition) is 0. The van der Waals surface area contributed by atoms with E-state index in [0.29, 0.717) is 12.0 Å². The van der Waals surface area contributed by atoms with Crippen LogP contribution in [0.5, 0.6) is 0 Å². The summed E-state index contributed by atoms with van der Waals surface area (Å²) in [6.07, 6.45) is 3.99. The summed E-state index contributed by atoms with van der Waals surface area (Å²) in [6.45, 7) is 0.283. The van der Waals surface area contributed by atoms with E-state index < -0.39 is 0 Å². The zero-order valence-corrected chi connectivity index (χ0v) is 13.3. The third-order valence-electron chi connectivity index (χ3n) is 3.27. The van der Waals surface area contributed by atoms with Crippen LogP contribution in [0.2, 0.25) is 0 Å². The molecule has 0 aliphatic heterocycles. The number of pyridine rings is 2. The lowest BCUT2D eigenvalue weighted by Gasteiger charge is -2.07. The number of fused-ring (bicyclic) bond motifs is 1. The third-order valence-corrected chi connectivity index (χ3v) is 3.99. The molecule has 0 bridgehead atoms. The van der Waals surface area contributed by atoms with E-state index in [4.69, 9.17) is 4.74 Å². The fraction of sp³-hybridized carbons (Fsp3) is 0.118. The minimum atomic E-state index is -0.342. The van der Waals surface area contributed by atoms with Crippen LogP contribution in [0.4, 0.5) is 0 Å². The van der Waals surface area contributed by atoms with Gasteiger partial charge >= 0.3 is 5.97 Å². The molecule has 3 aromatic rings. The van der Waals surface area contributed by atoms with E-state index >= 15 is 0 Å². The number of rotatable bonds is 4. The largest absolute Gasteiger partial charge is 0.462 e. The molecule has 0 radical (unpaired) electrons. The van der Waals surface area contributed by atoms with Crippen molar-refractivity contribution in [3.8, 4) is 0 Å². The van der Waals surface area contributed by atoms with Gasteiger partial charge < -0.3 is 4.74 Å². The smallest absolute Gasteiger partial charge is 0.338 e. The summed E-state index contributed by atoms with van der Waals surface area (Å²) < 4.78 is 6.28. The molecule has 0 saturated heterocycles. The van der Waals surface area contributed by atoms with Crippen molar-refractivity contribution in [1.82, 2.24) is 9.97 Å². The van der Waals surface area contributed by atoms with Gasteiger partial charge in [-0.1, -0.05) is 12.1 Å². The van der Waals surface area contributed by atoms with Crippen LogP contribution in [-0.4, -0.2) is 22.5 Å². The molecule has 0 amide bonds. The highest BCUT2D eigenvalue weighted by Gasteiger charge is 2.12. The van der Waals surface area contributed by atoms with Gasteiger partial charge in [-0.2, -0.15) is 0 Å². The molecule has 110 valence electrons. The third kappa shape index (κ3) is 3.14. The number of hydrogen-bond acceptors (Lipinski definition) is 4. The number of nitrogens with zero attached hydrogens (tertiary/aromatic N) is 2. The molecule has 0 saturated carbocycles. The summed E-state index contributed by atoms with van der Waals surface area (Å²) in [6, 6.07) is 12.9. The van der Waals surface area contributed by atoms with Gasteiger partial charge in [0.2, 0.25) is 0 Å². The maximum Gasteiger partial charge on any atom is 0.338 e. The van der Waals surface area contributed by atoms with Gasteiger partial charge in [0.1, 0.15) is 0 Å². The summed E-state index contributed by atoms with van der Waals surface area (Å²) in [7, 11) is 0. The second kappa shape index (κ2) is 6.66. The number of carbonyl (C=O) groups is 1. The first-order valence-electron chi connectivity index (χ1n) is 6.86. The molecular weight excluding hydrogens is 344 g/mol. The summed E-state index contributed by atoms with van der Waals surface area (Å²) in [5, 5.41) is 0.800. The van der Waals surface area contributed by atoms with Crippen molar-refractivity contribution in [1.29, 1.82) is 0 Å². The standard InChI is InChI=1S/C17H13BrN2O2/c18-14-6-3-10-20-16(14)8-11-22-17(21)13-4-1-7-15-12(13)5-2-9-19-15/h1-7,9-10H,8,11H2. The van der Waals surface area contributed by atoms with E-state index in [1.54, 1.807) is 24.5 Å². The van der Waals surface area contributed by atoms with Gasteiger partial charge in [-0.15, -0.1) is 0 Å². The first-order valence-corrected chi connectivity index (χ1v) is 7.65. The van der Waals surface area contributed by atoms with Gasteiger partial charge in [-0.3, -0.25) is 9.97 Å². The second-order valence-electron chi connectivity index (χ2n) is 4.69. The van der Waals surface area contributed by atoms with E-state index in [-0.39, 0.29) is 12.6 Å². The molecule has 5 heteroatoms. The van der Waals surface area contributed by atoms with E-state index in [0.717, 1.165) is 21.1 Å². The number of carbonyl (C=O) groups excluding carboxylic acids is 1. The summed E-state index contributed by atoms with van der Waals surface area (Å²) in [4.78, 5) is 20.7. The number of aromatic nitrogens is 2. The summed E-state index contributed by atoms with van der Waals surface area (Å²) in [5.41, 5.74) is 2.19. The van der Waals surface area contributed by atoms with Gasteiger partial charge in [0.15, 0.2) is 0 Å². The first-order chi connectivity index (χ1) is 10.8. The molecule has 3 rings (SSSR count). The Morgan fingerprint density at radius 3 is 2.73 bits per heavy atom. The predicted molar refractivity (Wildman–Crippen MR) is 87.7 cm³/mol. The molecule has 0 fully saturated rings. The molecule has 4 nitrogen and oxygen atoms in total. The SMILES string of the molecule is O=C(OCCc1ncccc1Br)c1cccc2ncccc12. The van der Waals surface area contributed by atoms with Gasteiger partial charge in [0, 0.05) is 28.7 Å². The van der Waals surface area contributed by atoms with Crippen molar-refractivity contribution in [2.75, 3.05) is 6.61 Å². The van der Waals surface area contributed by atoms with Crippen LogP contribution in [0.15, 0.2) is 59.3 Å². The molecule has 2 heterocycles. The van der Waals surface area contributed by atoms with Crippen molar-refractivity contribution in [3.05, 3.63) is 70.6 Å². The molecule has 0 spiro atoms. The molecule has 0 atom stereocenters. The molecule has 22 heavy (non-hydrogen) atoms. The number of halogens is 1. The van der Waals surface area contributed by atoms with Crippen molar-refractivity contribution < 1.29 is 9.53 Å². The van der Waals surface area contributed by atoms with Crippen LogP contribution in [-0.2, 0) is 11.2 Å². The Labute approximate surface area is 136 Å². The van der Waals surface area contributed by atoms with E-state index in [1.807, 2.05) is 30.3 Å². The fourth-order valence-electron chi connectivity index (χ4n) is 2.20. The predicted octanol–water partition coefficient (Wildman–Crippen LogP) is 3.79. The van der Waals surface area contributed by atoms with E-state index in [2.05, 4.69) is 25.9 Å². The van der Waals surface area contributed by atoms with Crippen LogP contribution in [0.1, 0.15) is 16.1 Å². The van der Waals surface area contributed by atoms with Gasteiger partial charge in [-0.05, 0) is 46.3 Å². The van der Waals surface area contributed by atoms with Crippen LogP contribution >= 0.6 is 15.9 Å². The van der Waals surface area contributed by atoms with Crippen molar-refractivity contribution in [2.24, 2.45) is 0 Å². The first kappa shape index (κ1) is 14.7. The number of ether oxygens (including phenoxy) is 1. The quantitative estimate of drug-likeness (QED) is 0.667. The summed E-state index contributed by atoms with van der Waals surface area (Å²) >= 11 is 3.43. The van der Waals surface area contributed by atoms with Crippen LogP contribution in [0.25, 0.3) is 10.9 Å². The molecule has 2 aromatic heterocycles. The Balaban J connectivity index is 1.70. The highest BCUT2D eigenvalue weighted by molar-refractivity contribution is 9.10. The zero-order chi connectivity index (χ0) is 15.4. The second-order valence-corrected chi connectivity index (χ2v) is 5.55. The Bertz CT molecular complexity index is 815. The molecule has 0 N–H and O–H groups in total. The normalized spacial score (nSPS) is 10.6. The average molecular weight is 357 g/mol. The molecule has 0 unspecified atom stereocenters. The highest BCUT2D eigenvalue weighted by atomic mass is 79.9. The number of esters is 1. The van der Waals surface area contributed by atoms with E-state index in [1.165, 1.54) is 0 Å². The van der Waals surface area contributed by atoms with Crippen molar-refractivity contribution in [2.45, 2.75) is 6.42 Å². The molecule has 0 aliphatic rings. The average Bonchev–Trinajstić information content (AvgIpc) is 2.56. The fourth-order valence-corrected chi connectivity index (χ4v) is 2.66. The maximum atomic E-state index is 12.3. The highest BCUT2D eigenvalue weighted by Crippen LogP contribution is 2.18. The lowest BCUT2D eigenvalue weighted by Crippen LogP contribution is -2.09. The molecular formula is C17H13BrN2O2. The number of benzene rings is 1. The van der Waals surface area contributed by atoms with Gasteiger partial charge in [0.25, 0.3) is 0 Å². The Morgan fingerprint density at radius 2 is 1.86 bits per heavy atom. The van der Waals surface area contributed by atoms with Crippen molar-refractivity contribution in [3.63, 3.8) is 0 Å². The van der Waals surface area contributed by atoms with Crippen LogP contribution < -0.4 is 0 Å². The lowest BCUT2D eigenvalue weighted by molar-refractivity contribution is 0.0510. The monoisotopic (exact) mass is 356 g/mol. The van der Waals surface area contributed by atoms with Crippen LogP contribution in [0.3, 0.4) is 0 Å². The topological polar surface area (TPSA) is 52.1 Å². The zero-order valence-electron chi connectivity index (χ0n) is 11.7. The molecule has 0 aliphatic carbocycles. The van der Waals surface area contributed by atoms with Crippen molar-refractivity contribution >= 4 is 32.8 Å². The Morgan fingerprint density at radius 1 is 1.05 bits per heavy atom. The maximum absolute atomic E-state index is 12.3. The Kier molecular flexibility index (Phi) is 4.44. The van der Waals surface area contributed by atoms with Gasteiger partial charge in [0.05, 0.1) is 23.4 Å². The molecule has 1 aromatic carbocycles.